The van der Waals surface area contributed by atoms with Gasteiger partial charge in [-0.05, 0) is 48.0 Å². The van der Waals surface area contributed by atoms with Crippen LogP contribution in [-0.4, -0.2) is 83.0 Å². The van der Waals surface area contributed by atoms with Gasteiger partial charge in [-0.3, -0.25) is 0 Å². The number of carbonyl (C=O) groups is 2. The third kappa shape index (κ3) is 5.56. The second-order valence-electron chi connectivity index (χ2n) is 8.41. The van der Waals surface area contributed by atoms with Crippen molar-refractivity contribution in [1.29, 1.82) is 0 Å². The zero-order valence-corrected chi connectivity index (χ0v) is 16.1. The summed E-state index contributed by atoms with van der Waals surface area (Å²) < 4.78 is 0. The second kappa shape index (κ2) is 8.08. The lowest BCUT2D eigenvalue weighted by Crippen LogP contribution is -2.55. The van der Waals surface area contributed by atoms with Crippen LogP contribution in [0.1, 0.15) is 55.4 Å². The van der Waals surface area contributed by atoms with Gasteiger partial charge in [0.2, 0.25) is 0 Å². The predicted molar refractivity (Wildman–Crippen MR) is 100 cm³/mol. The summed E-state index contributed by atoms with van der Waals surface area (Å²) in [5, 5.41) is 0. The van der Waals surface area contributed by atoms with Crippen LogP contribution < -0.4 is 0 Å². The molecule has 0 spiro atoms. The van der Waals surface area contributed by atoms with Crippen molar-refractivity contribution in [3.8, 4) is 0 Å². The summed E-state index contributed by atoms with van der Waals surface area (Å²) in [4.78, 5) is 30.4. The van der Waals surface area contributed by atoms with E-state index in [-0.39, 0.29) is 30.6 Å². The van der Waals surface area contributed by atoms with E-state index in [2.05, 4.69) is 41.5 Å². The van der Waals surface area contributed by atoms with Crippen LogP contribution in [0.2, 0.25) is 0 Å². The zero-order chi connectivity index (χ0) is 18.0. The van der Waals surface area contributed by atoms with E-state index in [0.717, 1.165) is 32.6 Å². The van der Waals surface area contributed by atoms with Crippen molar-refractivity contribution < 1.29 is 9.59 Å². The topological polar surface area (TPSA) is 47.1 Å². The molecule has 0 aromatic heterocycles. The van der Waals surface area contributed by atoms with Crippen LogP contribution in [0.4, 0.5) is 9.59 Å². The van der Waals surface area contributed by atoms with Gasteiger partial charge in [-0.25, -0.2) is 9.59 Å². The fourth-order valence-electron chi connectivity index (χ4n) is 2.76. The molecular formula is C18H38N4O2. The highest BCUT2D eigenvalue weighted by Crippen LogP contribution is 2.19. The van der Waals surface area contributed by atoms with Crippen molar-refractivity contribution in [3.05, 3.63) is 0 Å². The summed E-state index contributed by atoms with van der Waals surface area (Å²) >= 11 is 0. The fraction of sp³-hybridized carbons (Fsp3) is 0.889. The van der Waals surface area contributed by atoms with Gasteiger partial charge in [-0.15, -0.1) is 0 Å². The molecule has 2 heterocycles. The normalized spacial score (nSPS) is 19.2. The van der Waals surface area contributed by atoms with Crippen LogP contribution in [0.3, 0.4) is 0 Å². The monoisotopic (exact) mass is 342 g/mol. The molecule has 0 saturated carbocycles. The van der Waals surface area contributed by atoms with Crippen molar-refractivity contribution >= 4 is 12.1 Å². The molecule has 0 aliphatic carbocycles. The van der Waals surface area contributed by atoms with Gasteiger partial charge in [0.15, 0.2) is 0 Å². The summed E-state index contributed by atoms with van der Waals surface area (Å²) in [5.74, 6) is 0. The molecule has 4 amide bonds. The number of amides is 4. The molecule has 0 N–H and O–H groups in total. The van der Waals surface area contributed by atoms with Gasteiger partial charge in [0.05, 0.1) is 0 Å². The minimum absolute atomic E-state index is 0. The molecule has 0 aromatic carbocycles. The van der Waals surface area contributed by atoms with Crippen molar-refractivity contribution in [2.24, 2.45) is 0 Å². The molecule has 2 aliphatic heterocycles. The first kappa shape index (κ1) is 22.5. The molecule has 0 aromatic rings. The Balaban J connectivity index is 0.000000425. The Morgan fingerprint density at radius 2 is 1.04 bits per heavy atom. The third-order valence-electron chi connectivity index (χ3n) is 4.27. The zero-order valence-electron chi connectivity index (χ0n) is 16.1. The van der Waals surface area contributed by atoms with Gasteiger partial charge in [0.25, 0.3) is 0 Å². The Kier molecular flexibility index (Phi) is 7.59. The molecule has 2 rings (SSSR count). The summed E-state index contributed by atoms with van der Waals surface area (Å²) in [6.45, 7) is 15.9. The molecule has 2 aliphatic rings. The van der Waals surface area contributed by atoms with Crippen LogP contribution in [-0.2, 0) is 0 Å². The first-order valence-corrected chi connectivity index (χ1v) is 8.41. The van der Waals surface area contributed by atoms with Gasteiger partial charge in [0.1, 0.15) is 0 Å². The summed E-state index contributed by atoms with van der Waals surface area (Å²) in [6, 6.07) is 0.311. The lowest BCUT2D eigenvalue weighted by Gasteiger charge is -2.41. The highest BCUT2D eigenvalue weighted by molar-refractivity contribution is 5.77. The van der Waals surface area contributed by atoms with Crippen molar-refractivity contribution in [2.45, 2.75) is 66.5 Å². The van der Waals surface area contributed by atoms with Crippen LogP contribution >= 0.6 is 0 Å². The maximum absolute atomic E-state index is 11.6. The first-order valence-electron chi connectivity index (χ1n) is 8.41. The Labute approximate surface area is 148 Å². The maximum Gasteiger partial charge on any atom is 0.320 e. The quantitative estimate of drug-likeness (QED) is 0.678. The molecule has 142 valence electrons. The Hall–Kier alpha value is -1.46. The minimum Gasteiger partial charge on any atom is -0.328 e. The summed E-state index contributed by atoms with van der Waals surface area (Å²) in [7, 11) is 3.70. The summed E-state index contributed by atoms with van der Waals surface area (Å²) in [6.07, 6.45) is 1.08. The number of nitrogens with zero attached hydrogens (tertiary/aromatic N) is 4. The Morgan fingerprint density at radius 1 is 0.667 bits per heavy atom. The Bertz CT molecular complexity index is 437. The molecule has 0 radical (unpaired) electrons. The van der Waals surface area contributed by atoms with Crippen molar-refractivity contribution in [3.63, 3.8) is 0 Å². The fourth-order valence-corrected chi connectivity index (χ4v) is 2.76. The molecule has 2 saturated heterocycles. The van der Waals surface area contributed by atoms with E-state index in [1.54, 1.807) is 9.80 Å². The standard InChI is InChI=1S/C9H18N2O.C8H16N2O.CH4/c1-9(2,3)11-7-5-6-10(4)8(11)12;1-8(2,3)10-6-5-9(4)7(10)11;/h5-7H2,1-4H3;5-6H2,1-4H3;1H4. The van der Waals surface area contributed by atoms with Crippen LogP contribution in [0.15, 0.2) is 0 Å². The van der Waals surface area contributed by atoms with E-state index in [1.165, 1.54) is 0 Å². The molecule has 6 heteroatoms. The third-order valence-corrected chi connectivity index (χ3v) is 4.27. The highest BCUT2D eigenvalue weighted by Gasteiger charge is 2.33. The number of likely N-dealkylation sites (N-methyl/N-ethyl adjacent to an activating group) is 1. The van der Waals surface area contributed by atoms with Crippen LogP contribution in [0, 0.1) is 0 Å². The summed E-state index contributed by atoms with van der Waals surface area (Å²) in [5.41, 5.74) is -0.0619. The van der Waals surface area contributed by atoms with E-state index in [9.17, 15) is 9.59 Å². The van der Waals surface area contributed by atoms with Crippen molar-refractivity contribution in [2.75, 3.05) is 40.3 Å². The average molecular weight is 343 g/mol. The predicted octanol–water partition coefficient (Wildman–Crippen LogP) is 3.33. The van der Waals surface area contributed by atoms with E-state index in [0.29, 0.717) is 0 Å². The number of carbonyl (C=O) groups excluding carboxylic acids is 2. The van der Waals surface area contributed by atoms with Crippen molar-refractivity contribution in [1.82, 2.24) is 19.6 Å². The largest absolute Gasteiger partial charge is 0.328 e. The molecule has 24 heavy (non-hydrogen) atoms. The maximum atomic E-state index is 11.6. The lowest BCUT2D eigenvalue weighted by molar-refractivity contribution is 0.0936. The molecule has 0 atom stereocenters. The second-order valence-corrected chi connectivity index (χ2v) is 8.41. The van der Waals surface area contributed by atoms with E-state index >= 15 is 0 Å². The van der Waals surface area contributed by atoms with Gasteiger partial charge in [0, 0.05) is 51.4 Å². The number of urea groups is 2. The molecule has 2 fully saturated rings. The SMILES string of the molecule is C.CN1CCCN(C(C)(C)C)C1=O.CN1CCN(C(C)(C)C)C1=O. The number of hydrogen-bond acceptors (Lipinski definition) is 2. The highest BCUT2D eigenvalue weighted by atomic mass is 16.2. The lowest BCUT2D eigenvalue weighted by atomic mass is 10.1. The van der Waals surface area contributed by atoms with E-state index in [4.69, 9.17) is 0 Å². The number of rotatable bonds is 0. The van der Waals surface area contributed by atoms with Gasteiger partial charge < -0.3 is 19.6 Å². The average Bonchev–Trinajstić information content (AvgIpc) is 2.72. The van der Waals surface area contributed by atoms with Crippen LogP contribution in [0.5, 0.6) is 0 Å². The van der Waals surface area contributed by atoms with Gasteiger partial charge >= 0.3 is 12.1 Å². The first-order chi connectivity index (χ1) is 10.4. The molecular weight excluding hydrogens is 304 g/mol. The number of hydrogen-bond donors (Lipinski definition) is 0. The molecule has 0 bridgehead atoms. The Morgan fingerprint density at radius 3 is 1.33 bits per heavy atom. The van der Waals surface area contributed by atoms with E-state index in [1.807, 2.05) is 23.9 Å². The molecule has 6 nitrogen and oxygen atoms in total. The van der Waals surface area contributed by atoms with Gasteiger partial charge in [-0.2, -0.15) is 0 Å². The van der Waals surface area contributed by atoms with Gasteiger partial charge in [-0.1, -0.05) is 7.43 Å². The van der Waals surface area contributed by atoms with E-state index < -0.39 is 0 Å². The minimum atomic E-state index is -0.0359. The molecule has 0 unspecified atom stereocenters. The van der Waals surface area contributed by atoms with Crippen LogP contribution in [0.25, 0.3) is 0 Å². The smallest absolute Gasteiger partial charge is 0.320 e.